The zero-order valence-corrected chi connectivity index (χ0v) is 13.9. The van der Waals surface area contributed by atoms with Gasteiger partial charge in [-0.1, -0.05) is 30.3 Å². The number of anilines is 1. The molecule has 3 rings (SSSR count). The first kappa shape index (κ1) is 16.1. The normalized spacial score (nSPS) is 10.9. The van der Waals surface area contributed by atoms with E-state index in [1.807, 2.05) is 18.2 Å². The van der Waals surface area contributed by atoms with Crippen LogP contribution in [0.1, 0.15) is 5.56 Å². The van der Waals surface area contributed by atoms with Crippen LogP contribution < -0.4 is 11.0 Å². The van der Waals surface area contributed by atoms with E-state index in [0.717, 1.165) is 5.56 Å². The van der Waals surface area contributed by atoms with Gasteiger partial charge in [-0.05, 0) is 45.8 Å². The maximum Gasteiger partial charge on any atom is 0.287 e. The van der Waals surface area contributed by atoms with Gasteiger partial charge in [-0.2, -0.15) is 14.9 Å². The summed E-state index contributed by atoms with van der Waals surface area (Å²) in [6, 6.07) is 15.0. The van der Waals surface area contributed by atoms with Crippen molar-refractivity contribution >= 4 is 27.8 Å². The average Bonchev–Trinajstić information content (AvgIpc) is 2.61. The Morgan fingerprint density at radius 1 is 1.12 bits per heavy atom. The van der Waals surface area contributed by atoms with Crippen molar-refractivity contribution in [2.75, 3.05) is 5.43 Å². The Balaban J connectivity index is 1.81. The number of nitrogens with one attached hydrogen (secondary N) is 1. The van der Waals surface area contributed by atoms with Crippen LogP contribution in [0.5, 0.6) is 0 Å². The summed E-state index contributed by atoms with van der Waals surface area (Å²) in [6.45, 7) is 0. The third-order valence-corrected chi connectivity index (χ3v) is 3.95. The molecule has 0 spiro atoms. The molecule has 5 nitrogen and oxygen atoms in total. The Kier molecular flexibility index (Phi) is 4.81. The largest absolute Gasteiger partial charge is 0.287 e. The maximum atomic E-state index is 12.8. The zero-order chi connectivity index (χ0) is 16.9. The molecule has 0 aliphatic heterocycles. The summed E-state index contributed by atoms with van der Waals surface area (Å²) in [5.74, 6) is -0.309. The molecule has 0 bridgehead atoms. The first-order chi connectivity index (χ1) is 11.6. The third kappa shape index (κ3) is 3.57. The highest BCUT2D eigenvalue weighted by atomic mass is 79.9. The second-order valence-electron chi connectivity index (χ2n) is 4.85. The average molecular weight is 387 g/mol. The Morgan fingerprint density at radius 3 is 2.54 bits per heavy atom. The number of hydrazone groups is 1. The van der Waals surface area contributed by atoms with Gasteiger partial charge in [0.1, 0.15) is 10.3 Å². The standard InChI is InChI=1S/C17H12BrFN4O/c18-16-15(22-20-10-12-6-8-13(19)9-7-12)11-21-23(17(16)24)14-4-2-1-3-5-14/h1-11,22H/b20-10-. The van der Waals surface area contributed by atoms with Gasteiger partial charge in [0.05, 0.1) is 23.8 Å². The van der Waals surface area contributed by atoms with E-state index >= 15 is 0 Å². The maximum absolute atomic E-state index is 12.8. The molecule has 0 saturated heterocycles. The fourth-order valence-corrected chi connectivity index (χ4v) is 2.35. The topological polar surface area (TPSA) is 59.3 Å². The van der Waals surface area contributed by atoms with Crippen molar-refractivity contribution < 1.29 is 4.39 Å². The van der Waals surface area contributed by atoms with Crippen molar-refractivity contribution in [1.29, 1.82) is 0 Å². The molecule has 2 aromatic carbocycles. The Morgan fingerprint density at radius 2 is 1.83 bits per heavy atom. The molecular weight excluding hydrogens is 375 g/mol. The van der Waals surface area contributed by atoms with E-state index in [0.29, 0.717) is 15.8 Å². The lowest BCUT2D eigenvalue weighted by molar-refractivity contribution is 0.628. The van der Waals surface area contributed by atoms with Gasteiger partial charge in [0, 0.05) is 0 Å². The van der Waals surface area contributed by atoms with Gasteiger partial charge in [0.2, 0.25) is 0 Å². The summed E-state index contributed by atoms with van der Waals surface area (Å²) in [5, 5.41) is 8.17. The lowest BCUT2D eigenvalue weighted by Gasteiger charge is -2.07. The minimum absolute atomic E-state index is 0.303. The SMILES string of the molecule is O=c1c(Br)c(N/N=C\c2ccc(F)cc2)cnn1-c1ccccc1. The van der Waals surface area contributed by atoms with Crippen molar-refractivity contribution in [1.82, 2.24) is 9.78 Å². The summed E-state index contributed by atoms with van der Waals surface area (Å²) in [7, 11) is 0. The predicted molar refractivity (Wildman–Crippen MR) is 95.2 cm³/mol. The summed E-state index contributed by atoms with van der Waals surface area (Å²) < 4.78 is 14.4. The molecule has 1 heterocycles. The molecule has 0 radical (unpaired) electrons. The number of para-hydroxylation sites is 1. The van der Waals surface area contributed by atoms with Crippen LogP contribution in [0, 0.1) is 5.82 Å². The number of halogens is 2. The molecule has 24 heavy (non-hydrogen) atoms. The molecule has 0 amide bonds. The van der Waals surface area contributed by atoms with Crippen LogP contribution in [0.4, 0.5) is 10.1 Å². The van der Waals surface area contributed by atoms with Crippen LogP contribution >= 0.6 is 15.9 Å². The number of nitrogens with zero attached hydrogens (tertiary/aromatic N) is 3. The number of aromatic nitrogens is 2. The van der Waals surface area contributed by atoms with E-state index in [4.69, 9.17) is 0 Å². The van der Waals surface area contributed by atoms with Gasteiger partial charge in [0.25, 0.3) is 5.56 Å². The quantitative estimate of drug-likeness (QED) is 0.550. The molecule has 3 aromatic rings. The summed E-state index contributed by atoms with van der Waals surface area (Å²) >= 11 is 3.26. The van der Waals surface area contributed by atoms with Gasteiger partial charge < -0.3 is 0 Å². The Hall–Kier alpha value is -2.80. The van der Waals surface area contributed by atoms with Crippen LogP contribution in [-0.4, -0.2) is 16.0 Å². The minimum Gasteiger partial charge on any atom is -0.275 e. The van der Waals surface area contributed by atoms with Crippen LogP contribution in [-0.2, 0) is 0 Å². The van der Waals surface area contributed by atoms with E-state index in [-0.39, 0.29) is 11.4 Å². The molecule has 1 aromatic heterocycles. The van der Waals surface area contributed by atoms with E-state index in [1.54, 1.807) is 24.3 Å². The van der Waals surface area contributed by atoms with E-state index in [2.05, 4.69) is 31.6 Å². The van der Waals surface area contributed by atoms with E-state index in [9.17, 15) is 9.18 Å². The fraction of sp³-hybridized carbons (Fsp3) is 0. The van der Waals surface area contributed by atoms with Crippen LogP contribution in [0.2, 0.25) is 0 Å². The molecule has 0 unspecified atom stereocenters. The Labute approximate surface area is 145 Å². The van der Waals surface area contributed by atoms with E-state index in [1.165, 1.54) is 29.2 Å². The molecule has 0 aliphatic rings. The first-order valence-electron chi connectivity index (χ1n) is 7.03. The highest BCUT2D eigenvalue weighted by Crippen LogP contribution is 2.17. The van der Waals surface area contributed by atoms with Gasteiger partial charge in [-0.3, -0.25) is 10.2 Å². The lowest BCUT2D eigenvalue weighted by atomic mass is 10.2. The van der Waals surface area contributed by atoms with Crippen LogP contribution in [0.3, 0.4) is 0 Å². The van der Waals surface area contributed by atoms with Crippen molar-refractivity contribution in [3.05, 3.63) is 87.0 Å². The number of hydrogen-bond donors (Lipinski definition) is 1. The highest BCUT2D eigenvalue weighted by molar-refractivity contribution is 9.10. The molecule has 1 N–H and O–H groups in total. The second-order valence-corrected chi connectivity index (χ2v) is 5.64. The smallest absolute Gasteiger partial charge is 0.275 e. The second kappa shape index (κ2) is 7.18. The lowest BCUT2D eigenvalue weighted by Crippen LogP contribution is -2.22. The molecular formula is C17H12BrFN4O. The molecule has 7 heteroatoms. The first-order valence-corrected chi connectivity index (χ1v) is 7.82. The van der Waals surface area contributed by atoms with Crippen molar-refractivity contribution in [2.24, 2.45) is 5.10 Å². The van der Waals surface area contributed by atoms with Gasteiger partial charge >= 0.3 is 0 Å². The number of benzene rings is 2. The summed E-state index contributed by atoms with van der Waals surface area (Å²) in [6.07, 6.45) is 3.02. The third-order valence-electron chi connectivity index (χ3n) is 3.19. The van der Waals surface area contributed by atoms with Crippen molar-refractivity contribution in [3.8, 4) is 5.69 Å². The number of rotatable bonds is 4. The fourth-order valence-electron chi connectivity index (χ4n) is 1.99. The molecule has 0 fully saturated rings. The van der Waals surface area contributed by atoms with Gasteiger partial charge in [0.15, 0.2) is 0 Å². The summed E-state index contributed by atoms with van der Waals surface area (Å²) in [4.78, 5) is 12.4. The predicted octanol–water partition coefficient (Wildman–Crippen LogP) is 3.58. The molecule has 120 valence electrons. The zero-order valence-electron chi connectivity index (χ0n) is 12.4. The van der Waals surface area contributed by atoms with E-state index < -0.39 is 0 Å². The molecule has 0 atom stereocenters. The van der Waals surface area contributed by atoms with Crippen molar-refractivity contribution in [3.63, 3.8) is 0 Å². The minimum atomic E-state index is -0.309. The van der Waals surface area contributed by atoms with Gasteiger partial charge in [-0.15, -0.1) is 0 Å². The monoisotopic (exact) mass is 386 g/mol. The van der Waals surface area contributed by atoms with Crippen molar-refractivity contribution in [2.45, 2.75) is 0 Å². The molecule has 0 aliphatic carbocycles. The highest BCUT2D eigenvalue weighted by Gasteiger charge is 2.09. The van der Waals surface area contributed by atoms with Gasteiger partial charge in [-0.25, -0.2) is 4.39 Å². The summed E-state index contributed by atoms with van der Waals surface area (Å²) in [5.41, 5.74) is 4.28. The van der Waals surface area contributed by atoms with Crippen LogP contribution in [0.25, 0.3) is 5.69 Å². The van der Waals surface area contributed by atoms with Crippen LogP contribution in [0.15, 0.2) is 75.2 Å². The Bertz CT molecular complexity index is 924. The molecule has 0 saturated carbocycles. The number of hydrogen-bond acceptors (Lipinski definition) is 4.